The molecule has 3 heterocycles. The van der Waals surface area contributed by atoms with Gasteiger partial charge in [-0.2, -0.15) is 0 Å². The van der Waals surface area contributed by atoms with Gasteiger partial charge in [-0.05, 0) is 75.8 Å². The van der Waals surface area contributed by atoms with Gasteiger partial charge in [0.05, 0.1) is 22.5 Å². The zero-order chi connectivity index (χ0) is 28.7. The third-order valence-corrected chi connectivity index (χ3v) is 10.3. The van der Waals surface area contributed by atoms with Gasteiger partial charge >= 0.3 is 0 Å². The maximum Gasteiger partial charge on any atom is 0.158 e. The van der Waals surface area contributed by atoms with Crippen molar-refractivity contribution in [2.75, 3.05) is 0 Å². The average molecular weight is 576 g/mol. The summed E-state index contributed by atoms with van der Waals surface area (Å²) in [4.78, 5) is 0. The Hall–Kier alpha value is -5.13. The quantitative estimate of drug-likeness (QED) is 0.206. The third-order valence-electron chi connectivity index (χ3n) is 8.79. The SMILES string of the molecule is O=S1(=O)Cc2cc(-n3c4ccccc4c4ccccc43)ccc2-c2cc(-c3cccc4oc5ccccc5c34)ccc2C1. The maximum atomic E-state index is 13.4. The van der Waals surface area contributed by atoms with E-state index in [1.807, 2.05) is 54.6 Å². The van der Waals surface area contributed by atoms with Crippen LogP contribution in [0.5, 0.6) is 0 Å². The van der Waals surface area contributed by atoms with Crippen LogP contribution in [0.25, 0.3) is 71.7 Å². The van der Waals surface area contributed by atoms with Gasteiger partial charge in [-0.3, -0.25) is 0 Å². The largest absolute Gasteiger partial charge is 0.456 e. The van der Waals surface area contributed by atoms with Crippen LogP contribution in [0, 0.1) is 0 Å². The van der Waals surface area contributed by atoms with E-state index >= 15 is 0 Å². The van der Waals surface area contributed by atoms with Gasteiger partial charge in [-0.1, -0.05) is 84.9 Å². The minimum Gasteiger partial charge on any atom is -0.456 e. The van der Waals surface area contributed by atoms with E-state index in [0.717, 1.165) is 72.0 Å². The van der Waals surface area contributed by atoms with E-state index < -0.39 is 9.84 Å². The second-order valence-corrected chi connectivity index (χ2v) is 13.5. The summed E-state index contributed by atoms with van der Waals surface area (Å²) in [5.74, 6) is 0.0140. The molecule has 0 saturated carbocycles. The van der Waals surface area contributed by atoms with Gasteiger partial charge in [0, 0.05) is 27.2 Å². The van der Waals surface area contributed by atoms with E-state index in [4.69, 9.17) is 4.42 Å². The van der Waals surface area contributed by atoms with Crippen LogP contribution in [0.3, 0.4) is 0 Å². The van der Waals surface area contributed by atoms with Crippen LogP contribution in [0.1, 0.15) is 11.1 Å². The lowest BCUT2D eigenvalue weighted by atomic mass is 9.91. The Morgan fingerprint density at radius 1 is 0.535 bits per heavy atom. The van der Waals surface area contributed by atoms with E-state index in [0.29, 0.717) is 0 Å². The molecule has 0 N–H and O–H groups in total. The Morgan fingerprint density at radius 3 is 2.00 bits per heavy atom. The summed E-state index contributed by atoms with van der Waals surface area (Å²) < 4.78 is 35.3. The normalized spacial score (nSPS) is 14.2. The van der Waals surface area contributed by atoms with Crippen molar-refractivity contribution in [2.45, 2.75) is 11.5 Å². The number of sulfone groups is 1. The highest BCUT2D eigenvalue weighted by atomic mass is 32.2. The molecule has 0 atom stereocenters. The van der Waals surface area contributed by atoms with Gasteiger partial charge in [-0.25, -0.2) is 8.42 Å². The van der Waals surface area contributed by atoms with Crippen LogP contribution < -0.4 is 0 Å². The molecule has 2 aromatic heterocycles. The molecule has 9 rings (SSSR count). The lowest BCUT2D eigenvalue weighted by Gasteiger charge is -2.15. The van der Waals surface area contributed by atoms with E-state index in [-0.39, 0.29) is 11.5 Å². The zero-order valence-corrected chi connectivity index (χ0v) is 23.9. The van der Waals surface area contributed by atoms with Crippen molar-refractivity contribution in [3.05, 3.63) is 139 Å². The standard InChI is InChI=1S/C38H25NO3S/c40-43(41)22-25-17-16-24(29-11-7-15-37-38(29)32-10-3-6-14-36(32)42-37)21-33(25)28-19-18-27(20-26(28)23-43)39-34-12-4-1-8-30(34)31-9-2-5-13-35(31)39/h1-21H,22-23H2. The van der Waals surface area contributed by atoms with Crippen LogP contribution in [-0.2, 0) is 21.3 Å². The first-order valence-corrected chi connectivity index (χ1v) is 16.2. The highest BCUT2D eigenvalue weighted by Crippen LogP contribution is 2.42. The minimum atomic E-state index is -3.37. The highest BCUT2D eigenvalue weighted by molar-refractivity contribution is 7.89. The molecule has 0 unspecified atom stereocenters. The number of para-hydroxylation sites is 3. The predicted molar refractivity (Wildman–Crippen MR) is 175 cm³/mol. The van der Waals surface area contributed by atoms with Crippen molar-refractivity contribution in [1.29, 1.82) is 0 Å². The van der Waals surface area contributed by atoms with Crippen molar-refractivity contribution in [3.8, 4) is 27.9 Å². The Balaban J connectivity index is 1.27. The summed E-state index contributed by atoms with van der Waals surface area (Å²) in [6, 6.07) is 43.5. The lowest BCUT2D eigenvalue weighted by molar-refractivity contribution is 0.595. The number of nitrogens with zero attached hydrogens (tertiary/aromatic N) is 1. The number of hydrogen-bond donors (Lipinski definition) is 0. The third kappa shape index (κ3) is 3.71. The summed E-state index contributed by atoms with van der Waals surface area (Å²) in [5.41, 5.74) is 10.5. The Morgan fingerprint density at radius 2 is 1.21 bits per heavy atom. The average Bonchev–Trinajstić information content (AvgIpc) is 3.53. The number of aromatic nitrogens is 1. The van der Waals surface area contributed by atoms with Crippen molar-refractivity contribution in [1.82, 2.24) is 4.57 Å². The van der Waals surface area contributed by atoms with Gasteiger partial charge in [-0.15, -0.1) is 0 Å². The summed E-state index contributed by atoms with van der Waals surface area (Å²) in [7, 11) is -3.37. The van der Waals surface area contributed by atoms with E-state index in [1.54, 1.807) is 0 Å². The topological polar surface area (TPSA) is 52.2 Å². The van der Waals surface area contributed by atoms with Gasteiger partial charge in [0.2, 0.25) is 0 Å². The van der Waals surface area contributed by atoms with Crippen LogP contribution in [-0.4, -0.2) is 13.0 Å². The molecule has 4 nitrogen and oxygen atoms in total. The number of benzene rings is 6. The van der Waals surface area contributed by atoms with E-state index in [9.17, 15) is 8.42 Å². The molecule has 0 aliphatic carbocycles. The van der Waals surface area contributed by atoms with Gasteiger partial charge < -0.3 is 8.98 Å². The Labute approximate surface area is 248 Å². The van der Waals surface area contributed by atoms with E-state index in [1.165, 1.54) is 10.8 Å². The van der Waals surface area contributed by atoms with Crippen LogP contribution in [0.15, 0.2) is 132 Å². The monoisotopic (exact) mass is 575 g/mol. The molecule has 8 aromatic rings. The second-order valence-electron chi connectivity index (χ2n) is 11.4. The first-order valence-electron chi connectivity index (χ1n) is 14.4. The van der Waals surface area contributed by atoms with Gasteiger partial charge in [0.1, 0.15) is 11.2 Å². The first-order chi connectivity index (χ1) is 21.0. The molecule has 0 radical (unpaired) electrons. The molecule has 0 amide bonds. The molecule has 0 bridgehead atoms. The maximum absolute atomic E-state index is 13.4. The summed E-state index contributed by atoms with van der Waals surface area (Å²) in [5, 5.41) is 4.50. The predicted octanol–water partition coefficient (Wildman–Crippen LogP) is 9.45. The van der Waals surface area contributed by atoms with Crippen molar-refractivity contribution >= 4 is 53.6 Å². The van der Waals surface area contributed by atoms with Crippen molar-refractivity contribution in [3.63, 3.8) is 0 Å². The minimum absolute atomic E-state index is 0.000723. The number of fused-ring (bicyclic) bond motifs is 9. The number of hydrogen-bond acceptors (Lipinski definition) is 3. The summed E-state index contributed by atoms with van der Waals surface area (Å²) >= 11 is 0. The Kier molecular flexibility index (Phi) is 5.08. The molecule has 0 spiro atoms. The molecule has 1 aliphatic rings. The van der Waals surface area contributed by atoms with E-state index in [2.05, 4.69) is 77.4 Å². The summed E-state index contributed by atoms with van der Waals surface area (Å²) in [6.45, 7) is 0. The van der Waals surface area contributed by atoms with Gasteiger partial charge in [0.15, 0.2) is 9.84 Å². The lowest BCUT2D eigenvalue weighted by Crippen LogP contribution is -2.06. The van der Waals surface area contributed by atoms with Crippen LogP contribution >= 0.6 is 0 Å². The van der Waals surface area contributed by atoms with Crippen LogP contribution in [0.4, 0.5) is 0 Å². The number of furan rings is 1. The molecule has 43 heavy (non-hydrogen) atoms. The molecule has 5 heteroatoms. The number of rotatable bonds is 2. The summed E-state index contributed by atoms with van der Waals surface area (Å²) in [6.07, 6.45) is 0. The zero-order valence-electron chi connectivity index (χ0n) is 23.1. The first kappa shape index (κ1) is 24.5. The molecule has 0 saturated heterocycles. The molecule has 6 aromatic carbocycles. The van der Waals surface area contributed by atoms with Crippen molar-refractivity contribution < 1.29 is 12.8 Å². The molecular weight excluding hydrogens is 550 g/mol. The fraction of sp³-hybridized carbons (Fsp3) is 0.0526. The molecule has 1 aliphatic heterocycles. The fourth-order valence-corrected chi connectivity index (χ4v) is 8.50. The highest BCUT2D eigenvalue weighted by Gasteiger charge is 2.25. The smallest absolute Gasteiger partial charge is 0.158 e. The molecule has 206 valence electrons. The molecular formula is C38H25NO3S. The fourth-order valence-electron chi connectivity index (χ4n) is 6.96. The van der Waals surface area contributed by atoms with Crippen molar-refractivity contribution in [2.24, 2.45) is 0 Å². The van der Waals surface area contributed by atoms with Crippen LogP contribution in [0.2, 0.25) is 0 Å². The molecule has 0 fully saturated rings. The second kappa shape index (κ2) is 8.93. The van der Waals surface area contributed by atoms with Gasteiger partial charge in [0.25, 0.3) is 0 Å². The Bertz CT molecular complexity index is 2480.